The van der Waals surface area contributed by atoms with Crippen LogP contribution in [-0.2, 0) is 0 Å². The zero-order valence-electron chi connectivity index (χ0n) is 11.1. The predicted octanol–water partition coefficient (Wildman–Crippen LogP) is 4.44. The molecule has 3 rings (SSSR count). The fourth-order valence-electron chi connectivity index (χ4n) is 1.81. The van der Waals surface area contributed by atoms with Gasteiger partial charge in [0, 0.05) is 0 Å². The number of aromatic nitrogens is 1. The van der Waals surface area contributed by atoms with Gasteiger partial charge in [-0.05, 0) is 12.1 Å². The SMILES string of the molecule is Fc1c(F)c(F)c(C=NNc2nc3ccccc3s2)c(F)c1F. The van der Waals surface area contributed by atoms with Gasteiger partial charge in [-0.25, -0.2) is 26.9 Å². The second-order valence-electron chi connectivity index (χ2n) is 4.34. The molecule has 1 aromatic heterocycles. The molecule has 0 bridgehead atoms. The van der Waals surface area contributed by atoms with Gasteiger partial charge in [-0.15, -0.1) is 0 Å². The van der Waals surface area contributed by atoms with E-state index in [9.17, 15) is 22.0 Å². The van der Waals surface area contributed by atoms with Gasteiger partial charge in [0.25, 0.3) is 0 Å². The lowest BCUT2D eigenvalue weighted by Crippen LogP contribution is -2.07. The summed E-state index contributed by atoms with van der Waals surface area (Å²) in [6.07, 6.45) is 0.516. The Morgan fingerprint density at radius 1 is 0.913 bits per heavy atom. The predicted molar refractivity (Wildman–Crippen MR) is 77.1 cm³/mol. The molecule has 1 heterocycles. The number of nitrogens with zero attached hydrogens (tertiary/aromatic N) is 2. The second-order valence-corrected chi connectivity index (χ2v) is 5.37. The van der Waals surface area contributed by atoms with E-state index in [-0.39, 0.29) is 0 Å². The molecule has 118 valence electrons. The van der Waals surface area contributed by atoms with Crippen molar-refractivity contribution in [3.05, 3.63) is 58.9 Å². The van der Waals surface area contributed by atoms with Crippen LogP contribution in [0.5, 0.6) is 0 Å². The highest BCUT2D eigenvalue weighted by molar-refractivity contribution is 7.22. The van der Waals surface area contributed by atoms with Crippen molar-refractivity contribution in [2.45, 2.75) is 0 Å². The summed E-state index contributed by atoms with van der Waals surface area (Å²) in [6.45, 7) is 0. The Bertz CT molecular complexity index is 860. The first-order valence-electron chi connectivity index (χ1n) is 6.15. The Morgan fingerprint density at radius 2 is 1.52 bits per heavy atom. The first-order chi connectivity index (χ1) is 11.0. The summed E-state index contributed by atoms with van der Waals surface area (Å²) >= 11 is 1.22. The normalized spacial score (nSPS) is 11.5. The number of fused-ring (bicyclic) bond motifs is 1. The number of anilines is 1. The summed E-state index contributed by atoms with van der Waals surface area (Å²) in [5.74, 6) is -10.2. The van der Waals surface area contributed by atoms with Crippen LogP contribution in [0.4, 0.5) is 27.1 Å². The lowest BCUT2D eigenvalue weighted by atomic mass is 10.2. The molecule has 0 saturated carbocycles. The molecule has 0 aliphatic heterocycles. The Kier molecular flexibility index (Phi) is 3.95. The van der Waals surface area contributed by atoms with E-state index in [2.05, 4.69) is 15.5 Å². The zero-order chi connectivity index (χ0) is 16.6. The molecule has 0 spiro atoms. The summed E-state index contributed by atoms with van der Waals surface area (Å²) in [6, 6.07) is 7.16. The second kappa shape index (κ2) is 5.92. The number of hydrogen-bond donors (Lipinski definition) is 1. The van der Waals surface area contributed by atoms with E-state index >= 15 is 0 Å². The lowest BCUT2D eigenvalue weighted by Gasteiger charge is -2.03. The molecule has 0 fully saturated rings. The van der Waals surface area contributed by atoms with Crippen LogP contribution in [-0.4, -0.2) is 11.2 Å². The number of thiazole rings is 1. The Morgan fingerprint density at radius 3 is 2.17 bits per heavy atom. The monoisotopic (exact) mass is 343 g/mol. The summed E-state index contributed by atoms with van der Waals surface area (Å²) in [4.78, 5) is 4.14. The highest BCUT2D eigenvalue weighted by Gasteiger charge is 2.24. The van der Waals surface area contributed by atoms with Gasteiger partial charge >= 0.3 is 0 Å². The van der Waals surface area contributed by atoms with Crippen LogP contribution in [0.1, 0.15) is 5.56 Å². The maximum Gasteiger partial charge on any atom is 0.204 e. The van der Waals surface area contributed by atoms with Crippen molar-refractivity contribution >= 4 is 32.9 Å². The molecule has 1 N–H and O–H groups in total. The molecule has 0 aliphatic carbocycles. The third-order valence-corrected chi connectivity index (χ3v) is 3.83. The van der Waals surface area contributed by atoms with Crippen LogP contribution in [0.25, 0.3) is 10.2 Å². The van der Waals surface area contributed by atoms with E-state index in [1.807, 2.05) is 12.1 Å². The number of rotatable bonds is 3. The highest BCUT2D eigenvalue weighted by atomic mass is 32.1. The largest absolute Gasteiger partial charge is 0.253 e. The van der Waals surface area contributed by atoms with Crippen molar-refractivity contribution < 1.29 is 22.0 Å². The van der Waals surface area contributed by atoms with E-state index in [1.165, 1.54) is 11.3 Å². The van der Waals surface area contributed by atoms with Crippen LogP contribution in [0.3, 0.4) is 0 Å². The van der Waals surface area contributed by atoms with Gasteiger partial charge in [-0.2, -0.15) is 5.10 Å². The molecular weight excluding hydrogens is 337 g/mol. The van der Waals surface area contributed by atoms with Gasteiger partial charge in [0.1, 0.15) is 0 Å². The van der Waals surface area contributed by atoms with Crippen molar-refractivity contribution in [1.82, 2.24) is 4.98 Å². The van der Waals surface area contributed by atoms with E-state index < -0.39 is 34.6 Å². The van der Waals surface area contributed by atoms with Gasteiger partial charge < -0.3 is 0 Å². The van der Waals surface area contributed by atoms with E-state index in [0.717, 1.165) is 4.70 Å². The average molecular weight is 343 g/mol. The third kappa shape index (κ3) is 2.74. The fraction of sp³-hybridized carbons (Fsp3) is 0. The number of benzene rings is 2. The molecule has 0 aliphatic rings. The smallest absolute Gasteiger partial charge is 0.204 e. The molecule has 0 unspecified atom stereocenters. The molecule has 23 heavy (non-hydrogen) atoms. The van der Waals surface area contributed by atoms with Gasteiger partial charge in [-0.1, -0.05) is 23.5 Å². The van der Waals surface area contributed by atoms with Crippen molar-refractivity contribution in [1.29, 1.82) is 0 Å². The maximum absolute atomic E-state index is 13.4. The number of hydrogen-bond acceptors (Lipinski definition) is 4. The standard InChI is InChI=1S/C14H6F5N3S/c15-9-6(10(16)12(18)13(19)11(9)17)5-20-22-14-21-7-3-1-2-4-8(7)23-14/h1-5H,(H,21,22). The quantitative estimate of drug-likeness (QED) is 0.251. The van der Waals surface area contributed by atoms with Crippen LogP contribution in [0.15, 0.2) is 29.4 Å². The maximum atomic E-state index is 13.4. The fourth-order valence-corrected chi connectivity index (χ4v) is 2.62. The Hall–Kier alpha value is -2.55. The lowest BCUT2D eigenvalue weighted by molar-refractivity contribution is 0.377. The van der Waals surface area contributed by atoms with Crippen LogP contribution in [0.2, 0.25) is 0 Å². The van der Waals surface area contributed by atoms with E-state index in [0.29, 0.717) is 16.9 Å². The van der Waals surface area contributed by atoms with Gasteiger partial charge in [0.2, 0.25) is 10.9 Å². The van der Waals surface area contributed by atoms with Crippen molar-refractivity contribution in [3.8, 4) is 0 Å². The summed E-state index contributed by atoms with van der Waals surface area (Å²) in [7, 11) is 0. The van der Waals surface area contributed by atoms with Crippen LogP contribution in [0, 0.1) is 29.1 Å². The molecule has 0 radical (unpaired) electrons. The molecule has 2 aromatic carbocycles. The Balaban J connectivity index is 1.88. The number of hydrazone groups is 1. The molecule has 0 amide bonds. The minimum atomic E-state index is -2.21. The number of halogens is 5. The minimum absolute atomic E-state index is 0.311. The first kappa shape index (κ1) is 15.3. The first-order valence-corrected chi connectivity index (χ1v) is 6.96. The summed E-state index contributed by atoms with van der Waals surface area (Å²) in [5.41, 5.74) is 1.95. The molecule has 9 heteroatoms. The van der Waals surface area contributed by atoms with E-state index in [1.54, 1.807) is 12.1 Å². The molecule has 3 nitrogen and oxygen atoms in total. The zero-order valence-corrected chi connectivity index (χ0v) is 11.9. The summed E-state index contributed by atoms with van der Waals surface area (Å²) in [5, 5.41) is 3.79. The third-order valence-electron chi connectivity index (χ3n) is 2.89. The van der Waals surface area contributed by atoms with E-state index in [4.69, 9.17) is 0 Å². The molecule has 0 atom stereocenters. The van der Waals surface area contributed by atoms with Crippen LogP contribution >= 0.6 is 11.3 Å². The van der Waals surface area contributed by atoms with Crippen molar-refractivity contribution in [2.24, 2.45) is 5.10 Å². The molecule has 0 saturated heterocycles. The van der Waals surface area contributed by atoms with Crippen molar-refractivity contribution in [2.75, 3.05) is 5.43 Å². The molecule has 3 aromatic rings. The number of para-hydroxylation sites is 1. The van der Waals surface area contributed by atoms with Crippen molar-refractivity contribution in [3.63, 3.8) is 0 Å². The average Bonchev–Trinajstić information content (AvgIpc) is 2.97. The highest BCUT2D eigenvalue weighted by Crippen LogP contribution is 2.25. The molecular formula is C14H6F5N3S. The number of nitrogens with one attached hydrogen (secondary N) is 1. The summed E-state index contributed by atoms with van der Waals surface area (Å²) < 4.78 is 66.7. The van der Waals surface area contributed by atoms with Gasteiger partial charge in [-0.3, -0.25) is 5.43 Å². The van der Waals surface area contributed by atoms with Crippen LogP contribution < -0.4 is 5.43 Å². The minimum Gasteiger partial charge on any atom is -0.253 e. The van der Waals surface area contributed by atoms with Gasteiger partial charge in [0.15, 0.2) is 23.3 Å². The topological polar surface area (TPSA) is 37.3 Å². The van der Waals surface area contributed by atoms with Gasteiger partial charge in [0.05, 0.1) is 22.0 Å². The Labute approximate surface area is 130 Å².